The van der Waals surface area contributed by atoms with Gasteiger partial charge in [0.1, 0.15) is 24.3 Å². The Morgan fingerprint density at radius 1 is 0.500 bits per heavy atom. The molecule has 0 bridgehead atoms. The first kappa shape index (κ1) is 40.9. The van der Waals surface area contributed by atoms with E-state index < -0.39 is 116 Å². The van der Waals surface area contributed by atoms with Crippen molar-refractivity contribution in [1.29, 1.82) is 0 Å². The predicted octanol–water partition coefficient (Wildman–Crippen LogP) is 1.67. The van der Waals surface area contributed by atoms with Gasteiger partial charge in [0, 0.05) is 53.7 Å². The molecule has 0 unspecified atom stereocenters. The van der Waals surface area contributed by atoms with E-state index in [4.69, 9.17) is 47.4 Å². The van der Waals surface area contributed by atoms with Crippen molar-refractivity contribution in [2.24, 2.45) is 0 Å². The lowest BCUT2D eigenvalue weighted by Crippen LogP contribution is -2.64. The molecule has 0 N–H and O–H groups in total. The zero-order valence-corrected chi connectivity index (χ0v) is 30.0. The van der Waals surface area contributed by atoms with Gasteiger partial charge in [-0.05, 0) is 12.8 Å². The highest BCUT2D eigenvalue weighted by atomic mass is 32.2. The number of rotatable bonds is 13. The second kappa shape index (κ2) is 19.2. The summed E-state index contributed by atoms with van der Waals surface area (Å²) in [5.41, 5.74) is -0.901. The first-order chi connectivity index (χ1) is 23.5. The van der Waals surface area contributed by atoms with Crippen molar-refractivity contribution >= 4 is 53.5 Å². The van der Waals surface area contributed by atoms with Crippen LogP contribution >= 0.6 is 11.8 Å². The Hall–Kier alpha value is -3.48. The molecule has 0 aromatic heterocycles. The summed E-state index contributed by atoms with van der Waals surface area (Å²) in [5, 5.41) is 0.122. The summed E-state index contributed by atoms with van der Waals surface area (Å²) in [6.07, 6.45) is -7.54. The molecule has 2 saturated heterocycles. The van der Waals surface area contributed by atoms with Gasteiger partial charge in [-0.3, -0.25) is 33.6 Å². The van der Waals surface area contributed by atoms with Gasteiger partial charge in [0.15, 0.2) is 42.9 Å². The Morgan fingerprint density at radius 3 is 1.40 bits per heavy atom. The molecule has 0 amide bonds. The molecule has 0 radical (unpaired) electrons. The Labute approximate surface area is 293 Å². The standard InChI is InChI=1S/C32H46O17S/c1-15(33)40-13-23-25(42-16(2)34)27(44-18(4)36)29(46-20(6)38)31(48-23)41-14-24-26(43-17(3)35)28(45-19(5)37)30(47-21(7)39)32(49-24)50-22-11-9-8-10-12-22/h22-32H,8-14H2,1-7H3/t23-,24-,25-,26-,27+,28+,29-,30-,31-,32+/m1/s1. The minimum Gasteiger partial charge on any atom is -0.463 e. The van der Waals surface area contributed by atoms with Crippen LogP contribution in [0, 0.1) is 0 Å². The molecule has 282 valence electrons. The molecule has 3 rings (SSSR count). The smallest absolute Gasteiger partial charge is 0.303 e. The summed E-state index contributed by atoms with van der Waals surface area (Å²) in [4.78, 5) is 85.2. The maximum absolute atomic E-state index is 12.3. The van der Waals surface area contributed by atoms with Crippen LogP contribution in [0.3, 0.4) is 0 Å². The topological polar surface area (TPSA) is 212 Å². The molecule has 3 fully saturated rings. The molecule has 3 aliphatic rings. The lowest BCUT2D eigenvalue weighted by atomic mass is 9.97. The van der Waals surface area contributed by atoms with Crippen LogP contribution in [0.15, 0.2) is 0 Å². The van der Waals surface area contributed by atoms with E-state index in [0.717, 1.165) is 73.6 Å². The summed E-state index contributed by atoms with van der Waals surface area (Å²) < 4.78 is 56.8. The number of esters is 7. The van der Waals surface area contributed by atoms with Gasteiger partial charge in [-0.1, -0.05) is 19.3 Å². The first-order valence-corrected chi connectivity index (χ1v) is 17.2. The maximum atomic E-state index is 12.3. The monoisotopic (exact) mass is 734 g/mol. The first-order valence-electron chi connectivity index (χ1n) is 16.3. The molecule has 10 atom stereocenters. The molecule has 2 aliphatic heterocycles. The number of carbonyl (C=O) groups excluding carboxylic acids is 7. The molecular formula is C32H46O17S. The van der Waals surface area contributed by atoms with Crippen molar-refractivity contribution in [3.05, 3.63) is 0 Å². The van der Waals surface area contributed by atoms with Gasteiger partial charge in [-0.25, -0.2) is 0 Å². The Bertz CT molecular complexity index is 1230. The maximum Gasteiger partial charge on any atom is 0.303 e. The van der Waals surface area contributed by atoms with Gasteiger partial charge in [-0.2, -0.15) is 0 Å². The minimum absolute atomic E-state index is 0.122. The van der Waals surface area contributed by atoms with E-state index in [0.29, 0.717) is 0 Å². The third kappa shape index (κ3) is 12.4. The molecule has 0 aromatic carbocycles. The third-order valence-electron chi connectivity index (χ3n) is 7.75. The summed E-state index contributed by atoms with van der Waals surface area (Å²) in [6.45, 7) is 6.92. The molecular weight excluding hydrogens is 688 g/mol. The molecule has 1 saturated carbocycles. The van der Waals surface area contributed by atoms with Crippen LogP contribution < -0.4 is 0 Å². The van der Waals surface area contributed by atoms with E-state index >= 15 is 0 Å². The van der Waals surface area contributed by atoms with Crippen LogP contribution in [0.5, 0.6) is 0 Å². The fourth-order valence-electron chi connectivity index (χ4n) is 6.00. The average Bonchev–Trinajstić information content (AvgIpc) is 3.00. The molecule has 0 spiro atoms. The fraction of sp³-hybridized carbons (Fsp3) is 0.781. The molecule has 18 heteroatoms. The van der Waals surface area contributed by atoms with E-state index in [2.05, 4.69) is 0 Å². The highest BCUT2D eigenvalue weighted by Gasteiger charge is 2.55. The van der Waals surface area contributed by atoms with Crippen LogP contribution in [0.4, 0.5) is 0 Å². The number of ether oxygens (including phenoxy) is 10. The van der Waals surface area contributed by atoms with Crippen LogP contribution in [0.25, 0.3) is 0 Å². The summed E-state index contributed by atoms with van der Waals surface area (Å²) in [6, 6.07) is 0. The van der Waals surface area contributed by atoms with Crippen LogP contribution in [0.2, 0.25) is 0 Å². The van der Waals surface area contributed by atoms with Crippen LogP contribution in [0.1, 0.15) is 80.6 Å². The average molecular weight is 735 g/mol. The molecule has 0 aromatic rings. The molecule has 1 aliphatic carbocycles. The quantitative estimate of drug-likeness (QED) is 0.194. The molecule has 2 heterocycles. The number of thioether (sulfide) groups is 1. The zero-order valence-electron chi connectivity index (χ0n) is 29.1. The van der Waals surface area contributed by atoms with Crippen molar-refractivity contribution in [3.63, 3.8) is 0 Å². The summed E-state index contributed by atoms with van der Waals surface area (Å²) >= 11 is 1.40. The second-order valence-electron chi connectivity index (χ2n) is 12.1. The summed E-state index contributed by atoms with van der Waals surface area (Å²) in [7, 11) is 0. The van der Waals surface area contributed by atoms with E-state index in [-0.39, 0.29) is 5.25 Å². The highest BCUT2D eigenvalue weighted by Crippen LogP contribution is 2.40. The normalized spacial score (nSPS) is 31.3. The lowest BCUT2D eigenvalue weighted by molar-refractivity contribution is -0.317. The van der Waals surface area contributed by atoms with Crippen LogP contribution in [-0.2, 0) is 80.9 Å². The number of carbonyl (C=O) groups is 7. The van der Waals surface area contributed by atoms with Crippen molar-refractivity contribution in [2.45, 2.75) is 146 Å². The van der Waals surface area contributed by atoms with Crippen LogP contribution in [-0.4, -0.2) is 121 Å². The third-order valence-corrected chi connectivity index (χ3v) is 9.25. The summed E-state index contributed by atoms with van der Waals surface area (Å²) in [5.74, 6) is -5.36. The second-order valence-corrected chi connectivity index (χ2v) is 13.5. The van der Waals surface area contributed by atoms with Crippen molar-refractivity contribution in [1.82, 2.24) is 0 Å². The van der Waals surface area contributed by atoms with E-state index in [9.17, 15) is 33.6 Å². The van der Waals surface area contributed by atoms with Gasteiger partial charge in [0.25, 0.3) is 0 Å². The number of hydrogen-bond acceptors (Lipinski definition) is 18. The SMILES string of the molecule is CC(=O)OC[C@H]1O[C@@H](OC[C@H]2O[C@@H](SC3CCCCC3)[C@H](OC(C)=O)[C@@H](OC(C)=O)[C@@H]2OC(C)=O)[C@H](OC(C)=O)[C@@H](OC(C)=O)[C@@H]1OC(C)=O. The fourth-order valence-corrected chi connectivity index (χ4v) is 7.56. The largest absolute Gasteiger partial charge is 0.463 e. The van der Waals surface area contributed by atoms with Gasteiger partial charge in [0.2, 0.25) is 0 Å². The molecule has 50 heavy (non-hydrogen) atoms. The van der Waals surface area contributed by atoms with Crippen molar-refractivity contribution in [3.8, 4) is 0 Å². The van der Waals surface area contributed by atoms with Crippen molar-refractivity contribution in [2.75, 3.05) is 13.2 Å². The van der Waals surface area contributed by atoms with Gasteiger partial charge < -0.3 is 47.4 Å². The Morgan fingerprint density at radius 2 is 0.920 bits per heavy atom. The van der Waals surface area contributed by atoms with Crippen molar-refractivity contribution < 1.29 is 80.9 Å². The molecule has 17 nitrogen and oxygen atoms in total. The van der Waals surface area contributed by atoms with E-state index in [1.165, 1.54) is 18.7 Å². The van der Waals surface area contributed by atoms with Gasteiger partial charge in [0.05, 0.1) is 6.61 Å². The Kier molecular flexibility index (Phi) is 15.7. The van der Waals surface area contributed by atoms with Gasteiger partial charge in [-0.15, -0.1) is 11.8 Å². The lowest BCUT2D eigenvalue weighted by Gasteiger charge is -2.46. The Balaban J connectivity index is 2.02. The minimum atomic E-state index is -1.57. The zero-order chi connectivity index (χ0) is 37.1. The highest BCUT2D eigenvalue weighted by molar-refractivity contribution is 8.00. The number of hydrogen-bond donors (Lipinski definition) is 0. The predicted molar refractivity (Wildman–Crippen MR) is 168 cm³/mol. The van der Waals surface area contributed by atoms with E-state index in [1.54, 1.807) is 0 Å². The van der Waals surface area contributed by atoms with Gasteiger partial charge >= 0.3 is 41.8 Å². The van der Waals surface area contributed by atoms with E-state index in [1.807, 2.05) is 0 Å².